The third kappa shape index (κ3) is 3.33. The molecule has 1 aromatic rings. The van der Waals surface area contributed by atoms with Gasteiger partial charge in [0.15, 0.2) is 0 Å². The Morgan fingerprint density at radius 2 is 2.28 bits per heavy atom. The molecule has 1 amide bonds. The second-order valence-electron chi connectivity index (χ2n) is 5.01. The average molecular weight is 331 g/mol. The van der Waals surface area contributed by atoms with Gasteiger partial charge >= 0.3 is 0 Å². The summed E-state index contributed by atoms with van der Waals surface area (Å²) in [6.45, 7) is 3.45. The SMILES string of the molecule is CCN(Cc1ccc(Br)s1)C(=O)CC1(N)CCC1. The molecular formula is C13H19BrN2OS. The fourth-order valence-corrected chi connectivity index (χ4v) is 3.72. The van der Waals surface area contributed by atoms with Crippen LogP contribution in [0.4, 0.5) is 0 Å². The molecule has 1 saturated carbocycles. The van der Waals surface area contributed by atoms with Gasteiger partial charge < -0.3 is 10.6 Å². The first kappa shape index (κ1) is 14.0. The highest BCUT2D eigenvalue weighted by molar-refractivity contribution is 9.11. The largest absolute Gasteiger partial charge is 0.338 e. The van der Waals surface area contributed by atoms with Gasteiger partial charge in [0, 0.05) is 23.4 Å². The zero-order valence-electron chi connectivity index (χ0n) is 10.6. The summed E-state index contributed by atoms with van der Waals surface area (Å²) in [6, 6.07) is 4.08. The molecule has 1 aliphatic carbocycles. The normalized spacial score (nSPS) is 17.3. The first-order valence-corrected chi connectivity index (χ1v) is 7.94. The van der Waals surface area contributed by atoms with E-state index in [0.717, 1.165) is 29.6 Å². The van der Waals surface area contributed by atoms with Crippen molar-refractivity contribution in [1.29, 1.82) is 0 Å². The molecule has 1 fully saturated rings. The molecule has 1 aromatic heterocycles. The van der Waals surface area contributed by atoms with Crippen LogP contribution in [0.3, 0.4) is 0 Å². The van der Waals surface area contributed by atoms with Crippen molar-refractivity contribution in [3.05, 3.63) is 20.8 Å². The van der Waals surface area contributed by atoms with Gasteiger partial charge in [-0.3, -0.25) is 4.79 Å². The first-order chi connectivity index (χ1) is 8.52. The van der Waals surface area contributed by atoms with Gasteiger partial charge in [-0.05, 0) is 54.2 Å². The molecule has 0 saturated heterocycles. The standard InChI is InChI=1S/C13H19BrN2OS/c1-2-16(9-10-4-5-11(14)18-10)12(17)8-13(15)6-3-7-13/h4-5H,2-3,6-9,15H2,1H3. The Labute approximate surface area is 120 Å². The van der Waals surface area contributed by atoms with Crippen molar-refractivity contribution in [3.8, 4) is 0 Å². The molecule has 0 radical (unpaired) electrons. The lowest BCUT2D eigenvalue weighted by Gasteiger charge is -2.38. The third-order valence-electron chi connectivity index (χ3n) is 3.56. The maximum Gasteiger partial charge on any atom is 0.224 e. The Hall–Kier alpha value is -0.390. The van der Waals surface area contributed by atoms with Gasteiger partial charge in [-0.2, -0.15) is 0 Å². The van der Waals surface area contributed by atoms with Gasteiger partial charge in [-0.15, -0.1) is 11.3 Å². The van der Waals surface area contributed by atoms with E-state index in [0.29, 0.717) is 13.0 Å². The van der Waals surface area contributed by atoms with Gasteiger partial charge in [0.1, 0.15) is 0 Å². The molecule has 2 N–H and O–H groups in total. The van der Waals surface area contributed by atoms with Crippen LogP contribution in [0.1, 0.15) is 37.5 Å². The smallest absolute Gasteiger partial charge is 0.224 e. The number of carbonyl (C=O) groups excluding carboxylic acids is 1. The number of hydrogen-bond acceptors (Lipinski definition) is 3. The molecule has 1 heterocycles. The molecule has 100 valence electrons. The lowest BCUT2D eigenvalue weighted by atomic mass is 9.75. The van der Waals surface area contributed by atoms with Crippen molar-refractivity contribution in [1.82, 2.24) is 4.90 Å². The van der Waals surface area contributed by atoms with Gasteiger partial charge in [-0.1, -0.05) is 0 Å². The van der Waals surface area contributed by atoms with Crippen molar-refractivity contribution in [2.75, 3.05) is 6.54 Å². The van der Waals surface area contributed by atoms with Crippen molar-refractivity contribution in [2.45, 2.75) is 44.7 Å². The number of rotatable bonds is 5. The summed E-state index contributed by atoms with van der Waals surface area (Å²) in [5, 5.41) is 0. The third-order valence-corrected chi connectivity index (χ3v) is 5.17. The van der Waals surface area contributed by atoms with E-state index in [-0.39, 0.29) is 11.4 Å². The minimum Gasteiger partial charge on any atom is -0.338 e. The molecule has 3 nitrogen and oxygen atoms in total. The molecule has 0 unspecified atom stereocenters. The van der Waals surface area contributed by atoms with E-state index >= 15 is 0 Å². The lowest BCUT2D eigenvalue weighted by Crippen LogP contribution is -2.50. The molecule has 2 rings (SSSR count). The number of amides is 1. The predicted molar refractivity (Wildman–Crippen MR) is 78.5 cm³/mol. The van der Waals surface area contributed by atoms with Crippen molar-refractivity contribution >= 4 is 33.2 Å². The minimum atomic E-state index is -0.222. The summed E-state index contributed by atoms with van der Waals surface area (Å²) in [5.74, 6) is 0.184. The number of nitrogens with zero attached hydrogens (tertiary/aromatic N) is 1. The topological polar surface area (TPSA) is 46.3 Å². The van der Waals surface area contributed by atoms with Crippen LogP contribution in [-0.4, -0.2) is 22.9 Å². The summed E-state index contributed by atoms with van der Waals surface area (Å²) in [7, 11) is 0. The van der Waals surface area contributed by atoms with E-state index in [1.54, 1.807) is 11.3 Å². The van der Waals surface area contributed by atoms with E-state index in [1.807, 2.05) is 17.9 Å². The Morgan fingerprint density at radius 3 is 2.72 bits per heavy atom. The monoisotopic (exact) mass is 330 g/mol. The highest BCUT2D eigenvalue weighted by Crippen LogP contribution is 2.33. The van der Waals surface area contributed by atoms with Crippen LogP contribution in [-0.2, 0) is 11.3 Å². The Kier molecular flexibility index (Phi) is 4.45. The molecule has 0 bridgehead atoms. The summed E-state index contributed by atoms with van der Waals surface area (Å²) in [5.41, 5.74) is 5.92. The number of thiophene rings is 1. The van der Waals surface area contributed by atoms with Crippen LogP contribution in [0.15, 0.2) is 15.9 Å². The zero-order chi connectivity index (χ0) is 13.2. The van der Waals surface area contributed by atoms with Crippen molar-refractivity contribution in [3.63, 3.8) is 0 Å². The van der Waals surface area contributed by atoms with Crippen LogP contribution < -0.4 is 5.73 Å². The first-order valence-electron chi connectivity index (χ1n) is 6.33. The van der Waals surface area contributed by atoms with E-state index in [2.05, 4.69) is 22.0 Å². The molecule has 0 aromatic carbocycles. The molecule has 0 spiro atoms. The van der Waals surface area contributed by atoms with E-state index in [4.69, 9.17) is 5.73 Å². The van der Waals surface area contributed by atoms with Crippen LogP contribution >= 0.6 is 27.3 Å². The molecule has 5 heteroatoms. The highest BCUT2D eigenvalue weighted by Gasteiger charge is 2.35. The van der Waals surface area contributed by atoms with Crippen molar-refractivity contribution < 1.29 is 4.79 Å². The van der Waals surface area contributed by atoms with Gasteiger partial charge in [0.05, 0.1) is 10.3 Å². The van der Waals surface area contributed by atoms with Crippen LogP contribution in [0.5, 0.6) is 0 Å². The second kappa shape index (κ2) is 5.72. The summed E-state index contributed by atoms with van der Waals surface area (Å²) >= 11 is 5.12. The molecule has 18 heavy (non-hydrogen) atoms. The molecule has 0 aliphatic heterocycles. The van der Waals surface area contributed by atoms with Gasteiger partial charge in [-0.25, -0.2) is 0 Å². The zero-order valence-corrected chi connectivity index (χ0v) is 13.0. The minimum absolute atomic E-state index is 0.184. The quantitative estimate of drug-likeness (QED) is 0.901. The molecule has 1 aliphatic rings. The van der Waals surface area contributed by atoms with Gasteiger partial charge in [0.2, 0.25) is 5.91 Å². The Bertz CT molecular complexity index is 428. The lowest BCUT2D eigenvalue weighted by molar-refractivity contribution is -0.133. The van der Waals surface area contributed by atoms with E-state index in [1.165, 1.54) is 4.88 Å². The Morgan fingerprint density at radius 1 is 1.56 bits per heavy atom. The summed E-state index contributed by atoms with van der Waals surface area (Å²) in [4.78, 5) is 15.3. The maximum atomic E-state index is 12.2. The average Bonchev–Trinajstić information content (AvgIpc) is 2.69. The Balaban J connectivity index is 1.93. The van der Waals surface area contributed by atoms with E-state index in [9.17, 15) is 4.79 Å². The fourth-order valence-electron chi connectivity index (χ4n) is 2.22. The summed E-state index contributed by atoms with van der Waals surface area (Å²) in [6.07, 6.45) is 3.63. The number of hydrogen-bond donors (Lipinski definition) is 1. The number of halogens is 1. The predicted octanol–water partition coefficient (Wildman–Crippen LogP) is 3.13. The maximum absolute atomic E-state index is 12.2. The number of carbonyl (C=O) groups is 1. The fraction of sp³-hybridized carbons (Fsp3) is 0.615. The second-order valence-corrected chi connectivity index (χ2v) is 7.55. The summed E-state index contributed by atoms with van der Waals surface area (Å²) < 4.78 is 1.11. The number of nitrogens with two attached hydrogens (primary N) is 1. The molecular weight excluding hydrogens is 312 g/mol. The highest BCUT2D eigenvalue weighted by atomic mass is 79.9. The van der Waals surface area contributed by atoms with Crippen molar-refractivity contribution in [2.24, 2.45) is 5.73 Å². The van der Waals surface area contributed by atoms with Crippen LogP contribution in [0.2, 0.25) is 0 Å². The molecule has 0 atom stereocenters. The van der Waals surface area contributed by atoms with E-state index < -0.39 is 0 Å². The van der Waals surface area contributed by atoms with Crippen LogP contribution in [0.25, 0.3) is 0 Å². The van der Waals surface area contributed by atoms with Crippen LogP contribution in [0, 0.1) is 0 Å². The van der Waals surface area contributed by atoms with Gasteiger partial charge in [0.25, 0.3) is 0 Å².